The number of Topliss-reactive ketones (excluding diaryl/α,β-unsaturated/α-hetero) is 1. The van der Waals surface area contributed by atoms with Crippen molar-refractivity contribution >= 4 is 23.4 Å². The number of ether oxygens (including phenoxy) is 1. The minimum atomic E-state index is -0.716. The van der Waals surface area contributed by atoms with Crippen molar-refractivity contribution in [3.63, 3.8) is 0 Å². The summed E-state index contributed by atoms with van der Waals surface area (Å²) in [5, 5.41) is 0.668. The van der Waals surface area contributed by atoms with Gasteiger partial charge in [-0.15, -0.1) is 0 Å². The molecule has 0 radical (unpaired) electrons. The zero-order chi connectivity index (χ0) is 13.3. The van der Waals surface area contributed by atoms with Crippen molar-refractivity contribution < 1.29 is 14.3 Å². The van der Waals surface area contributed by atoms with Crippen LogP contribution in [0.2, 0.25) is 5.02 Å². The molecule has 1 saturated carbocycles. The van der Waals surface area contributed by atoms with Gasteiger partial charge in [0.15, 0.2) is 0 Å². The van der Waals surface area contributed by atoms with Crippen LogP contribution < -0.4 is 0 Å². The highest BCUT2D eigenvalue weighted by atomic mass is 35.5. The second kappa shape index (κ2) is 5.11. The summed E-state index contributed by atoms with van der Waals surface area (Å²) in [7, 11) is 0. The molecule has 4 heteroatoms. The topological polar surface area (TPSA) is 43.4 Å². The lowest BCUT2D eigenvalue weighted by molar-refractivity contribution is -0.157. The van der Waals surface area contributed by atoms with E-state index in [9.17, 15) is 9.59 Å². The van der Waals surface area contributed by atoms with Crippen LogP contribution in [-0.4, -0.2) is 17.9 Å². The van der Waals surface area contributed by atoms with E-state index in [-0.39, 0.29) is 17.9 Å². The summed E-state index contributed by atoms with van der Waals surface area (Å²) < 4.78 is 4.91. The Morgan fingerprint density at radius 2 is 1.89 bits per heavy atom. The van der Waals surface area contributed by atoms with Crippen LogP contribution in [-0.2, 0) is 14.3 Å². The molecule has 1 fully saturated rings. The molecular formula is C14H15ClO3. The Morgan fingerprint density at radius 3 is 2.44 bits per heavy atom. The first-order chi connectivity index (χ1) is 8.49. The third-order valence-corrected chi connectivity index (χ3v) is 3.22. The van der Waals surface area contributed by atoms with Gasteiger partial charge in [0.25, 0.3) is 0 Å². The minimum Gasteiger partial charge on any atom is -0.457 e. The number of rotatable bonds is 4. The Morgan fingerprint density at radius 1 is 1.28 bits per heavy atom. The van der Waals surface area contributed by atoms with Crippen LogP contribution in [0.3, 0.4) is 0 Å². The zero-order valence-corrected chi connectivity index (χ0v) is 11.1. The van der Waals surface area contributed by atoms with Crippen LogP contribution >= 0.6 is 11.6 Å². The molecule has 3 nitrogen and oxygen atoms in total. The number of ketones is 1. The molecule has 1 aliphatic carbocycles. The molecule has 0 aliphatic heterocycles. The number of benzene rings is 1. The Labute approximate surface area is 111 Å². The predicted molar refractivity (Wildman–Crippen MR) is 68.5 cm³/mol. The molecule has 2 atom stereocenters. The molecule has 18 heavy (non-hydrogen) atoms. The van der Waals surface area contributed by atoms with Gasteiger partial charge in [-0.25, -0.2) is 4.79 Å². The van der Waals surface area contributed by atoms with Gasteiger partial charge in [-0.3, -0.25) is 4.79 Å². The molecule has 1 aromatic rings. The summed E-state index contributed by atoms with van der Waals surface area (Å²) in [5.41, 5.74) is 1.05. The molecule has 1 aromatic carbocycles. The third-order valence-electron chi connectivity index (χ3n) is 2.97. The van der Waals surface area contributed by atoms with Crippen molar-refractivity contribution in [2.45, 2.75) is 32.3 Å². The molecule has 0 aromatic heterocycles. The molecule has 0 saturated heterocycles. The Bertz CT molecular complexity index is 464. The maximum absolute atomic E-state index is 11.8. The largest absolute Gasteiger partial charge is 0.457 e. The number of hydrogen-bond donors (Lipinski definition) is 0. The van der Waals surface area contributed by atoms with Gasteiger partial charge < -0.3 is 4.74 Å². The molecular weight excluding hydrogens is 252 g/mol. The highest BCUT2D eigenvalue weighted by Gasteiger charge is 2.47. The number of halogens is 1. The van der Waals surface area contributed by atoms with Gasteiger partial charge in [-0.05, 0) is 43.9 Å². The number of carbonyl (C=O) groups is 2. The van der Waals surface area contributed by atoms with Crippen LogP contribution in [0.15, 0.2) is 24.3 Å². The molecule has 0 amide bonds. The zero-order valence-electron chi connectivity index (χ0n) is 10.4. The van der Waals surface area contributed by atoms with Gasteiger partial charge in [0.2, 0.25) is 5.78 Å². The smallest absolute Gasteiger partial charge is 0.375 e. The summed E-state index contributed by atoms with van der Waals surface area (Å²) in [6.07, 6.45) is 0.461. The van der Waals surface area contributed by atoms with Gasteiger partial charge in [-0.2, -0.15) is 0 Å². The fourth-order valence-corrected chi connectivity index (χ4v) is 2.11. The van der Waals surface area contributed by atoms with Crippen LogP contribution in [0.5, 0.6) is 0 Å². The summed E-state index contributed by atoms with van der Waals surface area (Å²) in [6, 6.07) is 7.38. The summed E-state index contributed by atoms with van der Waals surface area (Å²) in [5.74, 6) is -1.22. The van der Waals surface area contributed by atoms with Crippen molar-refractivity contribution in [2.75, 3.05) is 0 Å². The average Bonchev–Trinajstić information content (AvgIpc) is 3.08. The SMILES string of the molecule is CC(C)OC(=O)C(=O)C1C[C@H]1c1ccc(Cl)cc1. The van der Waals surface area contributed by atoms with Crippen molar-refractivity contribution in [3.05, 3.63) is 34.9 Å². The number of carbonyl (C=O) groups excluding carboxylic acids is 2. The van der Waals surface area contributed by atoms with Gasteiger partial charge in [0.05, 0.1) is 6.10 Å². The van der Waals surface area contributed by atoms with Gasteiger partial charge in [0.1, 0.15) is 0 Å². The number of hydrogen-bond acceptors (Lipinski definition) is 3. The highest BCUT2D eigenvalue weighted by molar-refractivity contribution is 6.35. The van der Waals surface area contributed by atoms with Crippen LogP contribution in [0.1, 0.15) is 31.7 Å². The van der Waals surface area contributed by atoms with E-state index in [0.29, 0.717) is 11.4 Å². The van der Waals surface area contributed by atoms with Gasteiger partial charge in [-0.1, -0.05) is 23.7 Å². The quantitative estimate of drug-likeness (QED) is 0.622. The van der Waals surface area contributed by atoms with Crippen LogP contribution in [0.4, 0.5) is 0 Å². The second-order valence-electron chi connectivity index (χ2n) is 4.82. The van der Waals surface area contributed by atoms with E-state index in [1.807, 2.05) is 12.1 Å². The van der Waals surface area contributed by atoms with Crippen LogP contribution in [0, 0.1) is 5.92 Å². The Kier molecular flexibility index (Phi) is 3.71. The molecule has 0 spiro atoms. The summed E-state index contributed by atoms with van der Waals surface area (Å²) in [6.45, 7) is 3.46. The Balaban J connectivity index is 1.96. The van der Waals surface area contributed by atoms with Crippen molar-refractivity contribution in [3.8, 4) is 0 Å². The molecule has 1 unspecified atom stereocenters. The van der Waals surface area contributed by atoms with Crippen molar-refractivity contribution in [1.82, 2.24) is 0 Å². The number of esters is 1. The lowest BCUT2D eigenvalue weighted by Crippen LogP contribution is -2.22. The maximum Gasteiger partial charge on any atom is 0.375 e. The molecule has 0 heterocycles. The first-order valence-electron chi connectivity index (χ1n) is 5.99. The van der Waals surface area contributed by atoms with E-state index in [0.717, 1.165) is 5.56 Å². The molecule has 1 aliphatic rings. The molecule has 96 valence electrons. The monoisotopic (exact) mass is 266 g/mol. The predicted octanol–water partition coefficient (Wildman–Crippen LogP) is 2.96. The van der Waals surface area contributed by atoms with Crippen molar-refractivity contribution in [1.29, 1.82) is 0 Å². The summed E-state index contributed by atoms with van der Waals surface area (Å²) >= 11 is 5.80. The molecule has 2 rings (SSSR count). The lowest BCUT2D eigenvalue weighted by Gasteiger charge is -2.06. The van der Waals surface area contributed by atoms with E-state index in [1.165, 1.54) is 0 Å². The van der Waals surface area contributed by atoms with E-state index < -0.39 is 11.8 Å². The molecule has 0 bridgehead atoms. The summed E-state index contributed by atoms with van der Waals surface area (Å²) in [4.78, 5) is 23.3. The minimum absolute atomic E-state index is 0.134. The fourth-order valence-electron chi connectivity index (χ4n) is 1.99. The lowest BCUT2D eigenvalue weighted by atomic mass is 10.1. The van der Waals surface area contributed by atoms with Crippen LogP contribution in [0.25, 0.3) is 0 Å². The first-order valence-corrected chi connectivity index (χ1v) is 6.37. The average molecular weight is 267 g/mol. The first kappa shape index (κ1) is 13.1. The van der Waals surface area contributed by atoms with Crippen molar-refractivity contribution in [2.24, 2.45) is 5.92 Å². The Hall–Kier alpha value is -1.35. The third kappa shape index (κ3) is 2.91. The van der Waals surface area contributed by atoms with E-state index in [4.69, 9.17) is 16.3 Å². The maximum atomic E-state index is 11.8. The normalized spacial score (nSPS) is 21.8. The van der Waals surface area contributed by atoms with Gasteiger partial charge in [0, 0.05) is 10.9 Å². The van der Waals surface area contributed by atoms with E-state index >= 15 is 0 Å². The second-order valence-corrected chi connectivity index (χ2v) is 5.25. The standard InChI is InChI=1S/C14H15ClO3/c1-8(2)18-14(17)13(16)12-7-11(12)9-3-5-10(15)6-4-9/h3-6,8,11-12H,7H2,1-2H3/t11-,12?/m0/s1. The van der Waals surface area contributed by atoms with E-state index in [2.05, 4.69) is 0 Å². The molecule has 0 N–H and O–H groups in total. The van der Waals surface area contributed by atoms with E-state index in [1.54, 1.807) is 26.0 Å². The van der Waals surface area contributed by atoms with Gasteiger partial charge >= 0.3 is 5.97 Å². The highest BCUT2D eigenvalue weighted by Crippen LogP contribution is 2.48. The fraction of sp³-hybridized carbons (Fsp3) is 0.429.